The highest BCUT2D eigenvalue weighted by Crippen LogP contribution is 2.35. The van der Waals surface area contributed by atoms with E-state index in [1.807, 2.05) is 38.1 Å². The Morgan fingerprint density at radius 2 is 0.779 bits per heavy atom. The second-order valence-corrected chi connectivity index (χ2v) is 18.3. The first-order valence-electron chi connectivity index (χ1n) is 21.5. The van der Waals surface area contributed by atoms with Crippen LogP contribution in [0.1, 0.15) is 78.5 Å². The molecule has 0 aliphatic heterocycles. The number of carbonyl (C=O) groups excluding carboxylic acids is 4. The SMILES string of the molecule is Cc1c(C(=O)NCCCCNC(=O)c2cccc(C(=O)NCCCCNC(=O)c3nn(-c4ccc(Cl)cc4Cl)c(-c4ccc(Cl)cc4)c3C)c2)nn(-c2ccc(Cl)cc2Cl)c1-c1ccc(Cl)cc1. The van der Waals surface area contributed by atoms with Crippen molar-refractivity contribution in [3.05, 3.63) is 173 Å². The Morgan fingerprint density at radius 3 is 1.13 bits per heavy atom. The molecule has 0 atom stereocenters. The van der Waals surface area contributed by atoms with Gasteiger partial charge in [-0.2, -0.15) is 10.2 Å². The minimum absolute atomic E-state index is 0.241. The highest BCUT2D eigenvalue weighted by molar-refractivity contribution is 6.36. The van der Waals surface area contributed by atoms with Crippen LogP contribution in [0.25, 0.3) is 33.9 Å². The van der Waals surface area contributed by atoms with Gasteiger partial charge in [0.15, 0.2) is 11.4 Å². The average molecular weight is 1030 g/mol. The van der Waals surface area contributed by atoms with Crippen LogP contribution in [0.4, 0.5) is 0 Å². The van der Waals surface area contributed by atoms with Crippen LogP contribution >= 0.6 is 69.6 Å². The fourth-order valence-corrected chi connectivity index (χ4v) is 8.68. The quantitative estimate of drug-likeness (QED) is 0.0628. The maximum Gasteiger partial charge on any atom is 0.272 e. The van der Waals surface area contributed by atoms with Crippen LogP contribution in [0, 0.1) is 13.8 Å². The summed E-state index contributed by atoms with van der Waals surface area (Å²) in [6.07, 6.45) is 2.34. The molecule has 0 aliphatic rings. The highest BCUT2D eigenvalue weighted by Gasteiger charge is 2.25. The Balaban J connectivity index is 0.847. The topological polar surface area (TPSA) is 152 Å². The molecule has 2 aromatic heterocycles. The predicted octanol–water partition coefficient (Wildman–Crippen LogP) is 11.8. The normalized spacial score (nSPS) is 11.1. The summed E-state index contributed by atoms with van der Waals surface area (Å²) in [7, 11) is 0. The van der Waals surface area contributed by atoms with Gasteiger partial charge in [0.1, 0.15) is 0 Å². The third-order valence-corrected chi connectivity index (χ3v) is 12.5. The molecule has 2 heterocycles. The van der Waals surface area contributed by atoms with Crippen LogP contribution < -0.4 is 21.3 Å². The molecule has 4 amide bonds. The molecule has 5 aromatic carbocycles. The summed E-state index contributed by atoms with van der Waals surface area (Å²) >= 11 is 37.8. The van der Waals surface area contributed by atoms with E-state index in [2.05, 4.69) is 31.5 Å². The first-order chi connectivity index (χ1) is 32.7. The van der Waals surface area contributed by atoms with Crippen LogP contribution in [0.3, 0.4) is 0 Å². The molecule has 0 saturated heterocycles. The molecule has 7 aromatic rings. The fourth-order valence-electron chi connectivity index (χ4n) is 7.45. The van der Waals surface area contributed by atoms with Gasteiger partial charge in [0.05, 0.1) is 32.8 Å². The molecule has 68 heavy (non-hydrogen) atoms. The molecule has 12 nitrogen and oxygen atoms in total. The lowest BCUT2D eigenvalue weighted by molar-refractivity contribution is 0.0933. The van der Waals surface area contributed by atoms with E-state index < -0.39 is 0 Å². The van der Waals surface area contributed by atoms with Gasteiger partial charge in [0.2, 0.25) is 0 Å². The van der Waals surface area contributed by atoms with E-state index in [-0.39, 0.29) is 35.0 Å². The number of nitrogens with zero attached hydrogens (tertiary/aromatic N) is 4. The van der Waals surface area contributed by atoms with E-state index in [1.54, 1.807) is 94.3 Å². The number of rotatable bonds is 18. The molecule has 0 unspecified atom stereocenters. The van der Waals surface area contributed by atoms with Crippen molar-refractivity contribution in [2.45, 2.75) is 39.5 Å². The van der Waals surface area contributed by atoms with Gasteiger partial charge < -0.3 is 21.3 Å². The minimum Gasteiger partial charge on any atom is -0.352 e. The van der Waals surface area contributed by atoms with Gasteiger partial charge in [0.25, 0.3) is 23.6 Å². The van der Waals surface area contributed by atoms with Gasteiger partial charge in [-0.05, 0) is 118 Å². The number of halogens is 6. The number of unbranched alkanes of at least 4 members (excludes halogenated alkanes) is 2. The lowest BCUT2D eigenvalue weighted by atomic mass is 10.1. The number of aromatic nitrogens is 4. The number of benzene rings is 5. The highest BCUT2D eigenvalue weighted by atomic mass is 35.5. The zero-order valence-corrected chi connectivity index (χ0v) is 41.3. The number of carbonyl (C=O) groups is 4. The smallest absolute Gasteiger partial charge is 0.272 e. The zero-order chi connectivity index (χ0) is 48.5. The monoisotopic (exact) mass is 1030 g/mol. The minimum atomic E-state index is -0.353. The van der Waals surface area contributed by atoms with E-state index in [0.717, 1.165) is 11.1 Å². The van der Waals surface area contributed by atoms with E-state index in [0.29, 0.717) is 127 Å². The fraction of sp³-hybridized carbons (Fsp3) is 0.200. The molecule has 0 spiro atoms. The molecular weight excluding hydrogens is 989 g/mol. The van der Waals surface area contributed by atoms with Crippen molar-refractivity contribution >= 4 is 93.2 Å². The molecule has 0 radical (unpaired) electrons. The second-order valence-electron chi connectivity index (χ2n) is 15.7. The molecule has 18 heteroatoms. The summed E-state index contributed by atoms with van der Waals surface area (Å²) < 4.78 is 3.26. The van der Waals surface area contributed by atoms with Gasteiger partial charge in [0, 0.05) is 79.7 Å². The molecule has 7 rings (SSSR count). The van der Waals surface area contributed by atoms with Gasteiger partial charge in [-0.1, -0.05) is 99.9 Å². The Kier molecular flexibility index (Phi) is 16.9. The van der Waals surface area contributed by atoms with Crippen molar-refractivity contribution in [2.24, 2.45) is 0 Å². The first kappa shape index (κ1) is 50.0. The number of hydrogen-bond acceptors (Lipinski definition) is 6. The predicted molar refractivity (Wildman–Crippen MR) is 272 cm³/mol. The maximum atomic E-state index is 13.4. The lowest BCUT2D eigenvalue weighted by Crippen LogP contribution is -2.29. The van der Waals surface area contributed by atoms with Crippen molar-refractivity contribution in [2.75, 3.05) is 26.2 Å². The Morgan fingerprint density at radius 1 is 0.441 bits per heavy atom. The molecule has 0 saturated carbocycles. The van der Waals surface area contributed by atoms with Crippen LogP contribution in [0.15, 0.2) is 109 Å². The van der Waals surface area contributed by atoms with Crippen molar-refractivity contribution < 1.29 is 19.2 Å². The van der Waals surface area contributed by atoms with Crippen molar-refractivity contribution in [1.29, 1.82) is 0 Å². The molecule has 350 valence electrons. The van der Waals surface area contributed by atoms with E-state index in [1.165, 1.54) is 0 Å². The van der Waals surface area contributed by atoms with Crippen molar-refractivity contribution in [3.63, 3.8) is 0 Å². The second kappa shape index (κ2) is 23.0. The van der Waals surface area contributed by atoms with Crippen molar-refractivity contribution in [3.8, 4) is 33.9 Å². The summed E-state index contributed by atoms with van der Waals surface area (Å²) in [5, 5.41) is 23.8. The molecule has 0 bridgehead atoms. The maximum absolute atomic E-state index is 13.4. The Hall–Kier alpha value is -5.86. The van der Waals surface area contributed by atoms with Gasteiger partial charge >= 0.3 is 0 Å². The van der Waals surface area contributed by atoms with Gasteiger partial charge in [-0.15, -0.1) is 0 Å². The third-order valence-electron chi connectivity index (χ3n) is 10.9. The number of amides is 4. The average Bonchev–Trinajstić information content (AvgIpc) is 3.84. The molecular formula is C50H44Cl6N8O4. The summed E-state index contributed by atoms with van der Waals surface area (Å²) in [6, 6.07) is 31.1. The summed E-state index contributed by atoms with van der Waals surface area (Å²) in [5.74, 6) is -1.36. The van der Waals surface area contributed by atoms with Crippen LogP contribution in [-0.4, -0.2) is 69.4 Å². The molecule has 0 aliphatic carbocycles. The third kappa shape index (κ3) is 12.0. The molecule has 4 N–H and O–H groups in total. The van der Waals surface area contributed by atoms with Crippen molar-refractivity contribution in [1.82, 2.24) is 40.8 Å². The molecule has 0 fully saturated rings. The van der Waals surface area contributed by atoms with Crippen LogP contribution in [-0.2, 0) is 0 Å². The van der Waals surface area contributed by atoms with Gasteiger partial charge in [-0.3, -0.25) is 19.2 Å². The van der Waals surface area contributed by atoms with Crippen LogP contribution in [0.5, 0.6) is 0 Å². The number of hydrogen-bond donors (Lipinski definition) is 4. The summed E-state index contributed by atoms with van der Waals surface area (Å²) in [4.78, 5) is 52.9. The zero-order valence-electron chi connectivity index (χ0n) is 36.7. The summed E-state index contributed by atoms with van der Waals surface area (Å²) in [6.45, 7) is 5.05. The lowest BCUT2D eigenvalue weighted by Gasteiger charge is -2.11. The van der Waals surface area contributed by atoms with E-state index >= 15 is 0 Å². The summed E-state index contributed by atoms with van der Waals surface area (Å²) in [5.41, 5.74) is 6.56. The van der Waals surface area contributed by atoms with Crippen LogP contribution in [0.2, 0.25) is 30.1 Å². The standard InChI is InChI=1S/C50H44Cl6N8O4/c1-29-43(61-63(41-20-18-37(53)27-39(41)55)45(29)31-10-14-35(51)15-11-31)49(67)59-24-5-3-22-57-47(65)33-8-7-9-34(26-33)48(66)58-23-4-6-25-60-50(68)44-30(2)46(32-12-16-36(52)17-13-32)64(62-44)42-21-19-38(54)28-40(42)56/h7-21,26-28H,3-6,22-25H2,1-2H3,(H,57,65)(H,58,66)(H,59,67)(H,60,68). The Labute approximate surface area is 423 Å². The first-order valence-corrected chi connectivity index (χ1v) is 23.8. The largest absolute Gasteiger partial charge is 0.352 e. The van der Waals surface area contributed by atoms with E-state index in [4.69, 9.17) is 69.6 Å². The van der Waals surface area contributed by atoms with Gasteiger partial charge in [-0.25, -0.2) is 9.36 Å². The number of nitrogens with one attached hydrogen (secondary N) is 4. The Bertz CT molecular complexity index is 2790. The van der Waals surface area contributed by atoms with E-state index in [9.17, 15) is 19.2 Å².